The maximum atomic E-state index is 5.35. The molecule has 0 N–H and O–H groups in total. The molecule has 3 heteroatoms. The minimum absolute atomic E-state index is 0. The zero-order valence-electron chi connectivity index (χ0n) is 25.1. The van der Waals surface area contributed by atoms with Gasteiger partial charge in [-0.2, -0.15) is 49.2 Å². The topological polar surface area (TPSA) is 14.1 Å². The van der Waals surface area contributed by atoms with Crippen molar-refractivity contribution in [1.29, 1.82) is 0 Å². The van der Waals surface area contributed by atoms with E-state index in [0.29, 0.717) is 0 Å². The Hall–Kier alpha value is -1.19. The second-order valence-electron chi connectivity index (χ2n) is 10.9. The van der Waals surface area contributed by atoms with Gasteiger partial charge < -0.3 is 12.4 Å². The van der Waals surface area contributed by atoms with E-state index in [1.807, 2.05) is 60.7 Å². The van der Waals surface area contributed by atoms with Gasteiger partial charge in [-0.15, -0.1) is 43.0 Å². The summed E-state index contributed by atoms with van der Waals surface area (Å²) in [7, 11) is -1.51. The number of hydrogen-bond acceptors (Lipinski definition) is 0. The monoisotopic (exact) mass is 541 g/mol. The minimum Gasteiger partial charge on any atom is -0.659 e. The molecule has 0 saturated heterocycles. The third-order valence-electron chi connectivity index (χ3n) is 7.33. The van der Waals surface area contributed by atoms with Crippen molar-refractivity contribution in [3.05, 3.63) is 111 Å². The maximum Gasteiger partial charge on any atom is 4.00 e. The van der Waals surface area contributed by atoms with E-state index in [-0.39, 0.29) is 34.7 Å². The quantitative estimate of drug-likeness (QED) is 0.208. The van der Waals surface area contributed by atoms with Crippen LogP contribution in [0.15, 0.2) is 73.8 Å². The average Bonchev–Trinajstić information content (AvgIpc) is 2.99. The summed E-state index contributed by atoms with van der Waals surface area (Å²) >= 11 is 0. The molecule has 5 atom stereocenters. The molecule has 1 fully saturated rings. The van der Waals surface area contributed by atoms with Crippen LogP contribution in [-0.4, -0.2) is 13.8 Å². The summed E-state index contributed by atoms with van der Waals surface area (Å²) in [5, 5.41) is 0. The Morgan fingerprint density at radius 1 is 0.750 bits per heavy atom. The Morgan fingerprint density at radius 3 is 1.25 bits per heavy atom. The molecule has 200 valence electrons. The van der Waals surface area contributed by atoms with Crippen LogP contribution >= 0.6 is 0 Å². The van der Waals surface area contributed by atoms with Crippen LogP contribution in [0.5, 0.6) is 0 Å². The number of benzene rings is 2. The molecule has 0 bridgehead atoms. The minimum atomic E-state index is -1.51. The molecule has 0 aromatic heterocycles. The van der Waals surface area contributed by atoms with E-state index < -0.39 is 8.24 Å². The number of hydrogen-bond donors (Lipinski definition) is 0. The van der Waals surface area contributed by atoms with Gasteiger partial charge in [-0.1, -0.05) is 93.9 Å². The van der Waals surface area contributed by atoms with Crippen LogP contribution in [-0.2, 0) is 21.7 Å². The molecule has 0 radical (unpaired) electrons. The van der Waals surface area contributed by atoms with E-state index in [4.69, 9.17) is 4.98 Å². The van der Waals surface area contributed by atoms with Crippen LogP contribution in [0.3, 0.4) is 0 Å². The van der Waals surface area contributed by atoms with Gasteiger partial charge in [0.2, 0.25) is 0 Å². The molecule has 3 rings (SSSR count). The van der Waals surface area contributed by atoms with E-state index >= 15 is 0 Å². The van der Waals surface area contributed by atoms with Crippen LogP contribution in [0.4, 0.5) is 0 Å². The van der Waals surface area contributed by atoms with Gasteiger partial charge >= 0.3 is 21.7 Å². The molecule has 0 amide bonds. The number of nitrogens with zero attached hydrogens (tertiary/aromatic N) is 1. The SMILES string of the molecule is C=C.CC[Si@](C)([N-]C(C)(C)C)C1C(C)C(C)C(C)C1C.[CH2-]c1ccccc1.[CH2-]c1ccccc1.[CH3-].[Ti+4]. The Bertz CT molecular complexity index is 722. The zero-order chi connectivity index (χ0) is 26.5. The van der Waals surface area contributed by atoms with Crippen LogP contribution < -0.4 is 0 Å². The summed E-state index contributed by atoms with van der Waals surface area (Å²) < 4.78 is 0. The van der Waals surface area contributed by atoms with Crippen molar-refractivity contribution in [1.82, 2.24) is 0 Å². The van der Waals surface area contributed by atoms with Crippen molar-refractivity contribution in [2.45, 2.75) is 79.1 Å². The molecule has 0 spiro atoms. The van der Waals surface area contributed by atoms with Crippen LogP contribution in [0.2, 0.25) is 18.1 Å². The van der Waals surface area contributed by atoms with Crippen LogP contribution in [0, 0.1) is 44.9 Å². The first-order chi connectivity index (χ1) is 15.8. The average molecular weight is 542 g/mol. The Morgan fingerprint density at radius 2 is 1.06 bits per heavy atom. The molecular formula is C33H55NSiTi. The fourth-order valence-electron chi connectivity index (χ4n) is 5.33. The van der Waals surface area contributed by atoms with Crippen molar-refractivity contribution in [3.63, 3.8) is 0 Å². The van der Waals surface area contributed by atoms with Crippen molar-refractivity contribution in [3.8, 4) is 0 Å². The summed E-state index contributed by atoms with van der Waals surface area (Å²) in [5.41, 5.74) is 3.14. The summed E-state index contributed by atoms with van der Waals surface area (Å²) in [6, 6.07) is 21.0. The molecule has 2 aromatic carbocycles. The first-order valence-corrected chi connectivity index (χ1v) is 15.5. The molecule has 36 heavy (non-hydrogen) atoms. The second kappa shape index (κ2) is 19.0. The standard InChI is InChI=1S/C16H34NSi.2C7H7.C2H4.CH3.Ti/c1-10-18(9,17-16(6,7)8)15-13(4)11(2)12(3)14(15)5;2*1-7-5-3-2-4-6-7;1-2;;/h11-15H,10H2,1-9H3;2*2-6H,1H2;1-2H2;1H3;/q3*-1;;-1;+4/t11?,12?,13?,14?,15?,18-;;;;;/m0...../s1. The third-order valence-corrected chi connectivity index (χ3v) is 12.4. The molecule has 1 aliphatic carbocycles. The maximum absolute atomic E-state index is 5.35. The van der Waals surface area contributed by atoms with Crippen molar-refractivity contribution in [2.24, 2.45) is 23.7 Å². The first-order valence-electron chi connectivity index (χ1n) is 12.8. The van der Waals surface area contributed by atoms with Gasteiger partial charge in [-0.05, 0) is 23.7 Å². The normalized spacial score (nSPS) is 23.9. The first kappa shape index (κ1) is 39.3. The van der Waals surface area contributed by atoms with Gasteiger partial charge in [0.15, 0.2) is 0 Å². The molecule has 0 heterocycles. The smallest absolute Gasteiger partial charge is 0.659 e. The predicted octanol–water partition coefficient (Wildman–Crippen LogP) is 10.7. The van der Waals surface area contributed by atoms with Crippen LogP contribution in [0.1, 0.15) is 66.5 Å². The second-order valence-corrected chi connectivity index (χ2v) is 15.2. The van der Waals surface area contributed by atoms with E-state index in [9.17, 15) is 0 Å². The van der Waals surface area contributed by atoms with E-state index in [1.165, 1.54) is 6.04 Å². The largest absolute Gasteiger partial charge is 4.00 e. The third kappa shape index (κ3) is 13.4. The summed E-state index contributed by atoms with van der Waals surface area (Å²) in [4.78, 5) is 5.35. The molecule has 0 aliphatic heterocycles. The fraction of sp³-hybridized carbons (Fsp3) is 0.485. The molecular weight excluding hydrogens is 486 g/mol. The molecule has 4 unspecified atom stereocenters. The predicted molar refractivity (Wildman–Crippen MR) is 165 cm³/mol. The zero-order valence-corrected chi connectivity index (χ0v) is 27.7. The van der Waals surface area contributed by atoms with E-state index in [1.54, 1.807) is 0 Å². The van der Waals surface area contributed by atoms with Gasteiger partial charge in [0.05, 0.1) is 0 Å². The van der Waals surface area contributed by atoms with E-state index in [0.717, 1.165) is 40.3 Å². The summed E-state index contributed by atoms with van der Waals surface area (Å²) in [6.07, 6.45) is 0. The van der Waals surface area contributed by atoms with Gasteiger partial charge in [-0.3, -0.25) is 0 Å². The Kier molecular flexibility index (Phi) is 20.7. The van der Waals surface area contributed by atoms with Gasteiger partial charge in [0.25, 0.3) is 0 Å². The van der Waals surface area contributed by atoms with Crippen molar-refractivity contribution >= 4 is 8.24 Å². The van der Waals surface area contributed by atoms with Crippen LogP contribution in [0.25, 0.3) is 4.98 Å². The van der Waals surface area contributed by atoms with Gasteiger partial charge in [0.1, 0.15) is 0 Å². The summed E-state index contributed by atoms with van der Waals surface area (Å²) in [6.45, 7) is 35.0. The summed E-state index contributed by atoms with van der Waals surface area (Å²) in [5.74, 6) is 3.41. The molecule has 1 aliphatic rings. The molecule has 1 nitrogen and oxygen atoms in total. The molecule has 1 saturated carbocycles. The Balaban J connectivity index is -0.000000499. The Labute approximate surface area is 242 Å². The fourth-order valence-corrected chi connectivity index (χ4v) is 10.5. The van der Waals surface area contributed by atoms with Gasteiger partial charge in [0, 0.05) is 0 Å². The van der Waals surface area contributed by atoms with Crippen molar-refractivity contribution in [2.75, 3.05) is 0 Å². The molecule has 2 aromatic rings. The van der Waals surface area contributed by atoms with Crippen molar-refractivity contribution < 1.29 is 21.7 Å². The van der Waals surface area contributed by atoms with E-state index in [2.05, 4.69) is 88.9 Å². The van der Waals surface area contributed by atoms with Gasteiger partial charge in [-0.25, -0.2) is 0 Å². The number of rotatable bonds is 3.